The standard InChI is InChI=1S/C20H39N3O3/c1-13(2)9-16(12-24)22-19(25)18(11-15(5)6)23(8)20(26)17(21-7)10-14(3)4/h12-18,21H,9-11H2,1-8H3,(H,22,25)/t16-,17+,18-/m1/s1. The topological polar surface area (TPSA) is 78.5 Å². The maximum atomic E-state index is 12.9. The van der Waals surface area contributed by atoms with Crippen LogP contribution in [0.3, 0.4) is 0 Å². The normalized spacial score (nSPS) is 15.0. The average Bonchev–Trinajstić information content (AvgIpc) is 2.54. The highest BCUT2D eigenvalue weighted by atomic mass is 16.2. The van der Waals surface area contributed by atoms with Crippen molar-refractivity contribution in [3.8, 4) is 0 Å². The minimum atomic E-state index is -0.583. The molecule has 0 aromatic rings. The van der Waals surface area contributed by atoms with Gasteiger partial charge in [0, 0.05) is 7.05 Å². The number of rotatable bonds is 12. The van der Waals surface area contributed by atoms with E-state index in [4.69, 9.17) is 0 Å². The van der Waals surface area contributed by atoms with Gasteiger partial charge in [-0.3, -0.25) is 9.59 Å². The average molecular weight is 370 g/mol. The summed E-state index contributed by atoms with van der Waals surface area (Å²) in [7, 11) is 3.44. The fourth-order valence-electron chi connectivity index (χ4n) is 3.04. The summed E-state index contributed by atoms with van der Waals surface area (Å²) < 4.78 is 0. The van der Waals surface area contributed by atoms with Crippen LogP contribution in [0.4, 0.5) is 0 Å². The molecule has 26 heavy (non-hydrogen) atoms. The number of aldehydes is 1. The zero-order valence-electron chi connectivity index (χ0n) is 17.8. The summed E-state index contributed by atoms with van der Waals surface area (Å²) in [5.41, 5.74) is 0. The second kappa shape index (κ2) is 12.0. The molecule has 0 aromatic carbocycles. The molecule has 2 N–H and O–H groups in total. The number of amides is 2. The molecule has 0 saturated heterocycles. The molecule has 0 aliphatic rings. The third-order valence-corrected chi connectivity index (χ3v) is 4.38. The highest BCUT2D eigenvalue weighted by Gasteiger charge is 2.32. The van der Waals surface area contributed by atoms with Crippen molar-refractivity contribution in [1.82, 2.24) is 15.5 Å². The minimum absolute atomic E-state index is 0.0893. The van der Waals surface area contributed by atoms with E-state index in [0.717, 1.165) is 6.29 Å². The summed E-state index contributed by atoms with van der Waals surface area (Å²) in [5, 5.41) is 5.88. The molecule has 152 valence electrons. The molecular formula is C20H39N3O3. The lowest BCUT2D eigenvalue weighted by molar-refractivity contribution is -0.141. The number of carbonyl (C=O) groups is 3. The van der Waals surface area contributed by atoms with Gasteiger partial charge in [-0.05, 0) is 44.1 Å². The first-order chi connectivity index (χ1) is 12.0. The van der Waals surface area contributed by atoms with Crippen LogP contribution in [-0.2, 0) is 14.4 Å². The van der Waals surface area contributed by atoms with Crippen LogP contribution in [0.15, 0.2) is 0 Å². The summed E-state index contributed by atoms with van der Waals surface area (Å²) in [6.07, 6.45) is 2.63. The zero-order valence-corrected chi connectivity index (χ0v) is 17.8. The Morgan fingerprint density at radius 2 is 1.42 bits per heavy atom. The third-order valence-electron chi connectivity index (χ3n) is 4.38. The van der Waals surface area contributed by atoms with Crippen molar-refractivity contribution < 1.29 is 14.4 Å². The summed E-state index contributed by atoms with van der Waals surface area (Å²) in [5.74, 6) is 0.569. The molecule has 0 aromatic heterocycles. The van der Waals surface area contributed by atoms with Gasteiger partial charge in [0.25, 0.3) is 0 Å². The molecule has 0 rings (SSSR count). The molecule has 0 spiro atoms. The number of hydrogen-bond donors (Lipinski definition) is 2. The van der Waals surface area contributed by atoms with E-state index < -0.39 is 12.1 Å². The Morgan fingerprint density at radius 1 is 0.923 bits per heavy atom. The second-order valence-corrected chi connectivity index (χ2v) is 8.45. The molecule has 0 heterocycles. The molecule has 0 unspecified atom stereocenters. The van der Waals surface area contributed by atoms with E-state index in [0.29, 0.717) is 31.1 Å². The predicted octanol–water partition coefficient (Wildman–Crippen LogP) is 2.22. The number of likely N-dealkylation sites (N-methyl/N-ethyl adjacent to an activating group) is 2. The van der Waals surface area contributed by atoms with Crippen LogP contribution in [0.2, 0.25) is 0 Å². The molecule has 0 bridgehead atoms. The van der Waals surface area contributed by atoms with Gasteiger partial charge < -0.3 is 20.3 Å². The van der Waals surface area contributed by atoms with Gasteiger partial charge in [-0.25, -0.2) is 0 Å². The number of nitrogens with zero attached hydrogens (tertiary/aromatic N) is 1. The SMILES string of the molecule is CN[C@@H](CC(C)C)C(=O)N(C)[C@H](CC(C)C)C(=O)N[C@@H](C=O)CC(C)C. The van der Waals surface area contributed by atoms with Crippen LogP contribution >= 0.6 is 0 Å². The molecule has 0 radical (unpaired) electrons. The van der Waals surface area contributed by atoms with Crippen molar-refractivity contribution in [2.24, 2.45) is 17.8 Å². The molecule has 3 atom stereocenters. The maximum Gasteiger partial charge on any atom is 0.243 e. The molecule has 0 aliphatic carbocycles. The van der Waals surface area contributed by atoms with E-state index in [1.165, 1.54) is 4.90 Å². The van der Waals surface area contributed by atoms with E-state index in [1.807, 2.05) is 27.7 Å². The first-order valence-corrected chi connectivity index (χ1v) is 9.72. The highest BCUT2D eigenvalue weighted by Crippen LogP contribution is 2.15. The Labute approximate surface area is 159 Å². The van der Waals surface area contributed by atoms with E-state index in [-0.39, 0.29) is 23.8 Å². The van der Waals surface area contributed by atoms with Crippen LogP contribution in [0.25, 0.3) is 0 Å². The monoisotopic (exact) mass is 369 g/mol. The summed E-state index contributed by atoms with van der Waals surface area (Å²) >= 11 is 0. The first-order valence-electron chi connectivity index (χ1n) is 9.72. The van der Waals surface area contributed by atoms with E-state index in [2.05, 4.69) is 24.5 Å². The quantitative estimate of drug-likeness (QED) is 0.517. The number of hydrogen-bond acceptors (Lipinski definition) is 4. The van der Waals surface area contributed by atoms with Gasteiger partial charge in [0.05, 0.1) is 12.1 Å². The predicted molar refractivity (Wildman–Crippen MR) is 106 cm³/mol. The third kappa shape index (κ3) is 8.79. The zero-order chi connectivity index (χ0) is 20.4. The van der Waals surface area contributed by atoms with Crippen molar-refractivity contribution >= 4 is 18.1 Å². The van der Waals surface area contributed by atoms with Gasteiger partial charge >= 0.3 is 0 Å². The Morgan fingerprint density at radius 3 is 1.81 bits per heavy atom. The van der Waals surface area contributed by atoms with E-state index >= 15 is 0 Å². The fourth-order valence-corrected chi connectivity index (χ4v) is 3.04. The van der Waals surface area contributed by atoms with Gasteiger partial charge in [0.1, 0.15) is 12.3 Å². The lowest BCUT2D eigenvalue weighted by atomic mass is 9.98. The van der Waals surface area contributed by atoms with Crippen LogP contribution in [0.1, 0.15) is 60.8 Å². The summed E-state index contributed by atoms with van der Waals surface area (Å²) in [6.45, 7) is 12.2. The van der Waals surface area contributed by atoms with Crippen molar-refractivity contribution in [1.29, 1.82) is 0 Å². The largest absolute Gasteiger partial charge is 0.345 e. The molecule has 0 fully saturated rings. The van der Waals surface area contributed by atoms with Crippen molar-refractivity contribution in [3.63, 3.8) is 0 Å². The van der Waals surface area contributed by atoms with Crippen LogP contribution in [0, 0.1) is 17.8 Å². The van der Waals surface area contributed by atoms with Gasteiger partial charge in [0.15, 0.2) is 0 Å². The van der Waals surface area contributed by atoms with E-state index in [1.54, 1.807) is 14.1 Å². The summed E-state index contributed by atoms with van der Waals surface area (Å²) in [4.78, 5) is 38.5. The minimum Gasteiger partial charge on any atom is -0.345 e. The summed E-state index contributed by atoms with van der Waals surface area (Å²) in [6, 6.07) is -1.42. The maximum absolute atomic E-state index is 12.9. The highest BCUT2D eigenvalue weighted by molar-refractivity contribution is 5.90. The smallest absolute Gasteiger partial charge is 0.243 e. The van der Waals surface area contributed by atoms with Crippen molar-refractivity contribution in [2.75, 3.05) is 14.1 Å². The van der Waals surface area contributed by atoms with Gasteiger partial charge in [0.2, 0.25) is 11.8 Å². The van der Waals surface area contributed by atoms with Gasteiger partial charge in [-0.15, -0.1) is 0 Å². The molecule has 2 amide bonds. The van der Waals surface area contributed by atoms with Crippen LogP contribution in [0.5, 0.6) is 0 Å². The first kappa shape index (κ1) is 24.6. The molecule has 0 saturated carbocycles. The van der Waals surface area contributed by atoms with Crippen LogP contribution < -0.4 is 10.6 Å². The van der Waals surface area contributed by atoms with Crippen molar-refractivity contribution in [3.05, 3.63) is 0 Å². The number of nitrogens with one attached hydrogen (secondary N) is 2. The lowest BCUT2D eigenvalue weighted by Crippen LogP contribution is -2.55. The van der Waals surface area contributed by atoms with E-state index in [9.17, 15) is 14.4 Å². The van der Waals surface area contributed by atoms with Gasteiger partial charge in [-0.2, -0.15) is 0 Å². The lowest BCUT2D eigenvalue weighted by Gasteiger charge is -2.32. The van der Waals surface area contributed by atoms with Gasteiger partial charge in [-0.1, -0.05) is 41.5 Å². The Balaban J connectivity index is 5.29. The Hall–Kier alpha value is -1.43. The second-order valence-electron chi connectivity index (χ2n) is 8.45. The Bertz CT molecular complexity index is 450. The molecule has 0 aliphatic heterocycles. The molecule has 6 nitrogen and oxygen atoms in total. The molecular weight excluding hydrogens is 330 g/mol. The fraction of sp³-hybridized carbons (Fsp3) is 0.850. The van der Waals surface area contributed by atoms with Crippen molar-refractivity contribution in [2.45, 2.75) is 78.9 Å². The van der Waals surface area contributed by atoms with Crippen LogP contribution in [-0.4, -0.2) is 55.2 Å². The Kier molecular flexibility index (Phi) is 11.4. The number of carbonyl (C=O) groups excluding carboxylic acids is 3. The molecule has 6 heteroatoms.